The highest BCUT2D eigenvalue weighted by molar-refractivity contribution is 5.94. The molecular weight excluding hydrogens is 795 g/mol. The van der Waals surface area contributed by atoms with E-state index in [2.05, 4.69) is 94.0 Å². The number of benzene rings is 3. The fraction of sp³-hybridized carbons (Fsp3) is 0.396. The fourth-order valence-electron chi connectivity index (χ4n) is 8.48. The molecule has 3 aromatic carbocycles. The van der Waals surface area contributed by atoms with Gasteiger partial charge < -0.3 is 34.8 Å². The quantitative estimate of drug-likeness (QED) is 0.105. The number of fused-ring (bicyclic) bond motifs is 1. The highest BCUT2D eigenvalue weighted by Crippen LogP contribution is 2.33. The van der Waals surface area contributed by atoms with Gasteiger partial charge in [0.2, 0.25) is 12.3 Å². The van der Waals surface area contributed by atoms with E-state index in [-0.39, 0.29) is 23.6 Å². The summed E-state index contributed by atoms with van der Waals surface area (Å²) in [7, 11) is 1.60. The van der Waals surface area contributed by atoms with Crippen LogP contribution in [0.5, 0.6) is 0 Å². The van der Waals surface area contributed by atoms with Crippen molar-refractivity contribution in [1.29, 1.82) is 0 Å². The van der Waals surface area contributed by atoms with Crippen molar-refractivity contribution in [3.63, 3.8) is 0 Å². The van der Waals surface area contributed by atoms with Crippen LogP contribution in [0.4, 0.5) is 17.1 Å². The van der Waals surface area contributed by atoms with Crippen LogP contribution in [-0.2, 0) is 21.5 Å². The molecule has 0 aliphatic carbocycles. The number of carbonyl (C=O) groups is 3. The molecule has 5 heterocycles. The molecule has 0 radical (unpaired) electrons. The summed E-state index contributed by atoms with van der Waals surface area (Å²) in [6.07, 6.45) is 4.96. The second-order valence-electron chi connectivity index (χ2n) is 17.7. The van der Waals surface area contributed by atoms with Crippen LogP contribution in [0.2, 0.25) is 0 Å². The molecule has 3 aromatic heterocycles. The van der Waals surface area contributed by atoms with Crippen molar-refractivity contribution in [1.82, 2.24) is 40.6 Å². The SMILES string of the molecule is CNC(=O)CCN(C=O)c1ccc(N2CCC(CN3CCN(c4cccc(-c5cc6c(-c7ccc(CNC(=O)c8nc(C(C)(C)C)no8)c(C)c7)ncnc6[nH]5)c4)CC3)CC2)cc1. The smallest absolute Gasteiger partial charge is 0.315 e. The van der Waals surface area contributed by atoms with Crippen LogP contribution in [0.1, 0.15) is 67.7 Å². The van der Waals surface area contributed by atoms with E-state index in [1.54, 1.807) is 18.3 Å². The van der Waals surface area contributed by atoms with Gasteiger partial charge >= 0.3 is 11.8 Å². The lowest BCUT2D eigenvalue weighted by Crippen LogP contribution is -2.49. The van der Waals surface area contributed by atoms with Crippen LogP contribution in [0, 0.1) is 12.8 Å². The molecule has 0 saturated carbocycles. The van der Waals surface area contributed by atoms with Crippen molar-refractivity contribution in [3.8, 4) is 22.5 Å². The zero-order chi connectivity index (χ0) is 44.1. The zero-order valence-corrected chi connectivity index (χ0v) is 36.9. The lowest BCUT2D eigenvalue weighted by atomic mass is 9.95. The summed E-state index contributed by atoms with van der Waals surface area (Å²) in [5.41, 5.74) is 9.54. The summed E-state index contributed by atoms with van der Waals surface area (Å²) < 4.78 is 5.21. The maximum Gasteiger partial charge on any atom is 0.315 e. The number of aromatic amines is 1. The van der Waals surface area contributed by atoms with Crippen molar-refractivity contribution in [2.24, 2.45) is 5.92 Å². The third kappa shape index (κ3) is 10.0. The predicted molar refractivity (Wildman–Crippen MR) is 246 cm³/mol. The molecule has 2 saturated heterocycles. The van der Waals surface area contributed by atoms with E-state index < -0.39 is 5.91 Å². The second kappa shape index (κ2) is 18.8. The number of piperazine rings is 1. The molecule has 2 aliphatic heterocycles. The maximum absolute atomic E-state index is 12.8. The van der Waals surface area contributed by atoms with E-state index in [1.165, 1.54) is 11.4 Å². The van der Waals surface area contributed by atoms with Gasteiger partial charge in [-0.1, -0.05) is 50.2 Å². The Kier molecular flexibility index (Phi) is 12.8. The summed E-state index contributed by atoms with van der Waals surface area (Å²) in [5, 5.41) is 10.4. The number of aromatic nitrogens is 5. The third-order valence-electron chi connectivity index (χ3n) is 12.3. The molecule has 15 nitrogen and oxygen atoms in total. The van der Waals surface area contributed by atoms with Gasteiger partial charge in [-0.25, -0.2) is 9.97 Å². The van der Waals surface area contributed by atoms with E-state index in [0.717, 1.165) is 115 Å². The molecular formula is C48H57N11O4. The molecule has 8 rings (SSSR count). The van der Waals surface area contributed by atoms with Gasteiger partial charge in [0.15, 0.2) is 5.82 Å². The van der Waals surface area contributed by atoms with E-state index in [1.807, 2.05) is 52.0 Å². The summed E-state index contributed by atoms with van der Waals surface area (Å²) in [5.74, 6) is 0.625. The van der Waals surface area contributed by atoms with Crippen molar-refractivity contribution >= 4 is 46.3 Å². The lowest BCUT2D eigenvalue weighted by molar-refractivity contribution is -0.120. The van der Waals surface area contributed by atoms with Gasteiger partial charge in [-0.3, -0.25) is 19.3 Å². The summed E-state index contributed by atoms with van der Waals surface area (Å²) in [6.45, 7) is 15.8. The average Bonchev–Trinajstić information content (AvgIpc) is 3.99. The van der Waals surface area contributed by atoms with E-state index in [4.69, 9.17) is 9.51 Å². The van der Waals surface area contributed by atoms with E-state index in [9.17, 15) is 14.4 Å². The number of H-pyrrole nitrogens is 1. The Bertz CT molecular complexity index is 2550. The minimum Gasteiger partial charge on any atom is -0.372 e. The monoisotopic (exact) mass is 851 g/mol. The van der Waals surface area contributed by atoms with Gasteiger partial charge in [0, 0.05) is 117 Å². The minimum atomic E-state index is -0.405. The molecule has 0 spiro atoms. The molecule has 0 unspecified atom stereocenters. The number of nitrogens with one attached hydrogen (secondary N) is 3. The first-order valence-electron chi connectivity index (χ1n) is 21.9. The predicted octanol–water partition coefficient (Wildman–Crippen LogP) is 6.35. The molecule has 6 aromatic rings. The topological polar surface area (TPSA) is 169 Å². The Morgan fingerprint density at radius 3 is 2.37 bits per heavy atom. The first-order chi connectivity index (χ1) is 30.4. The van der Waals surface area contributed by atoms with Crippen molar-refractivity contribution in [3.05, 3.63) is 102 Å². The molecule has 0 atom stereocenters. The summed E-state index contributed by atoms with van der Waals surface area (Å²) >= 11 is 0. The molecule has 63 heavy (non-hydrogen) atoms. The summed E-state index contributed by atoms with van der Waals surface area (Å²) in [4.78, 5) is 62.3. The summed E-state index contributed by atoms with van der Waals surface area (Å²) in [6, 6.07) is 25.1. The van der Waals surface area contributed by atoms with E-state index in [0.29, 0.717) is 24.8 Å². The molecule has 328 valence electrons. The number of hydrogen-bond donors (Lipinski definition) is 3. The van der Waals surface area contributed by atoms with Gasteiger partial charge in [0.1, 0.15) is 12.0 Å². The molecule has 15 heteroatoms. The second-order valence-corrected chi connectivity index (χ2v) is 17.7. The Labute approximate surface area is 368 Å². The van der Waals surface area contributed by atoms with Crippen LogP contribution in [0.3, 0.4) is 0 Å². The molecule has 3 N–H and O–H groups in total. The molecule has 2 fully saturated rings. The number of hydrogen-bond acceptors (Lipinski definition) is 11. The minimum absolute atomic E-state index is 0.0436. The Morgan fingerprint density at radius 1 is 0.905 bits per heavy atom. The maximum atomic E-state index is 12.8. The van der Waals surface area contributed by atoms with Crippen molar-refractivity contribution in [2.45, 2.75) is 58.9 Å². The van der Waals surface area contributed by atoms with Gasteiger partial charge in [-0.2, -0.15) is 4.98 Å². The molecule has 3 amide bonds. The van der Waals surface area contributed by atoms with Crippen molar-refractivity contribution < 1.29 is 18.9 Å². The average molecular weight is 852 g/mol. The largest absolute Gasteiger partial charge is 0.372 e. The van der Waals surface area contributed by atoms with Gasteiger partial charge in [0.05, 0.1) is 5.69 Å². The number of amides is 3. The van der Waals surface area contributed by atoms with Gasteiger partial charge in [-0.15, -0.1) is 0 Å². The highest BCUT2D eigenvalue weighted by atomic mass is 16.5. The fourth-order valence-corrected chi connectivity index (χ4v) is 8.48. The van der Waals surface area contributed by atoms with Gasteiger partial charge in [-0.05, 0) is 85.3 Å². The molecule has 2 aliphatic rings. The Balaban J connectivity index is 0.836. The van der Waals surface area contributed by atoms with Crippen LogP contribution < -0.4 is 25.3 Å². The highest BCUT2D eigenvalue weighted by Gasteiger charge is 2.26. The van der Waals surface area contributed by atoms with Crippen LogP contribution in [-0.4, -0.2) is 108 Å². The van der Waals surface area contributed by atoms with E-state index >= 15 is 0 Å². The number of aryl methyl sites for hydroxylation is 1. The normalized spacial score (nSPS) is 15.1. The van der Waals surface area contributed by atoms with Gasteiger partial charge in [0.25, 0.3) is 0 Å². The van der Waals surface area contributed by atoms with Crippen LogP contribution in [0.15, 0.2) is 83.6 Å². The van der Waals surface area contributed by atoms with Crippen LogP contribution >= 0.6 is 0 Å². The van der Waals surface area contributed by atoms with Crippen LogP contribution in [0.25, 0.3) is 33.5 Å². The lowest BCUT2D eigenvalue weighted by Gasteiger charge is -2.40. The Hall–Kier alpha value is -6.61. The van der Waals surface area contributed by atoms with Crippen molar-refractivity contribution in [2.75, 3.05) is 74.1 Å². The first-order valence-corrected chi connectivity index (χ1v) is 21.9. The zero-order valence-electron chi connectivity index (χ0n) is 36.9. The standard InChI is InChI=1S/C48H57N11O4/c1-32-25-35(9-10-36(32)28-50-45(62)46-54-47(55-63-46)48(2,3)4)43-40-27-41(53-44(40)52-30-51-43)34-7-6-8-39(26-34)58-23-21-56(22-24-58)29-33-15-18-57(19-16-33)37-11-13-38(14-12-37)59(31-60)20-17-42(61)49-5/h6-14,25-27,30-31,33H,15-24,28-29H2,1-5H3,(H,49,61)(H,50,62)(H,51,52,53). The number of nitrogens with zero attached hydrogens (tertiary/aromatic N) is 8. The first kappa shape index (κ1) is 43.1. The third-order valence-corrected chi connectivity index (χ3v) is 12.3. The number of piperidine rings is 1. The Morgan fingerprint density at radius 2 is 1.67 bits per heavy atom. The number of rotatable bonds is 14. The number of anilines is 3. The number of carbonyl (C=O) groups excluding carboxylic acids is 3. The molecule has 0 bridgehead atoms.